The van der Waals surface area contributed by atoms with Crippen molar-refractivity contribution >= 4 is 11.9 Å². The normalized spacial score (nSPS) is 16.9. The smallest absolute Gasteiger partial charge is 0.344 e. The fourth-order valence-corrected chi connectivity index (χ4v) is 3.14. The number of fused-ring (bicyclic) bond motifs is 1. The Balaban J connectivity index is 1.50. The van der Waals surface area contributed by atoms with Crippen molar-refractivity contribution in [1.29, 1.82) is 0 Å². The average Bonchev–Trinajstić information content (AvgIpc) is 2.67. The number of para-hydroxylation sites is 1. The quantitative estimate of drug-likeness (QED) is 0.810. The molecule has 136 valence electrons. The number of hydrogen-bond donors (Lipinski definition) is 1. The number of carbonyl (C=O) groups excluding carboxylic acids is 2. The highest BCUT2D eigenvalue weighted by Crippen LogP contribution is 2.29. The molecule has 1 amide bonds. The monoisotopic (exact) mass is 353 g/mol. The predicted molar refractivity (Wildman–Crippen MR) is 97.8 cm³/mol. The number of ether oxygens (including phenoxy) is 2. The number of esters is 1. The van der Waals surface area contributed by atoms with Gasteiger partial charge < -0.3 is 14.8 Å². The van der Waals surface area contributed by atoms with Gasteiger partial charge in [-0.3, -0.25) is 4.79 Å². The number of rotatable bonds is 6. The van der Waals surface area contributed by atoms with Gasteiger partial charge in [0.2, 0.25) is 0 Å². The summed E-state index contributed by atoms with van der Waals surface area (Å²) in [5.41, 5.74) is 2.42. The maximum atomic E-state index is 12.4. The molecule has 0 saturated heterocycles. The Morgan fingerprint density at radius 3 is 2.65 bits per heavy atom. The van der Waals surface area contributed by atoms with Crippen molar-refractivity contribution in [3.8, 4) is 5.75 Å². The molecule has 0 fully saturated rings. The summed E-state index contributed by atoms with van der Waals surface area (Å²) >= 11 is 0. The van der Waals surface area contributed by atoms with E-state index in [0.29, 0.717) is 5.75 Å². The first kappa shape index (κ1) is 18.0. The summed E-state index contributed by atoms with van der Waals surface area (Å²) in [6.45, 7) is 1.35. The summed E-state index contributed by atoms with van der Waals surface area (Å²) in [4.78, 5) is 24.3. The molecule has 2 aromatic rings. The molecule has 2 aromatic carbocycles. The van der Waals surface area contributed by atoms with E-state index in [9.17, 15) is 9.59 Å². The van der Waals surface area contributed by atoms with E-state index >= 15 is 0 Å². The SMILES string of the molecule is C[C@H](OC(=O)COc1ccccc1)C(=O)N[C@H]1CCCc2ccccc21. The lowest BCUT2D eigenvalue weighted by molar-refractivity contribution is -0.156. The second-order valence-electron chi connectivity index (χ2n) is 6.39. The van der Waals surface area contributed by atoms with Crippen LogP contribution in [0.25, 0.3) is 0 Å². The van der Waals surface area contributed by atoms with Gasteiger partial charge in [-0.05, 0) is 49.4 Å². The Morgan fingerprint density at radius 2 is 1.85 bits per heavy atom. The third-order valence-electron chi connectivity index (χ3n) is 4.46. The van der Waals surface area contributed by atoms with Crippen molar-refractivity contribution in [3.63, 3.8) is 0 Å². The highest BCUT2D eigenvalue weighted by atomic mass is 16.6. The van der Waals surface area contributed by atoms with Gasteiger partial charge in [0.1, 0.15) is 5.75 Å². The van der Waals surface area contributed by atoms with Gasteiger partial charge >= 0.3 is 5.97 Å². The molecule has 2 atom stereocenters. The van der Waals surface area contributed by atoms with Crippen LogP contribution in [0.5, 0.6) is 5.75 Å². The molecule has 0 aromatic heterocycles. The van der Waals surface area contributed by atoms with Crippen molar-refractivity contribution in [2.45, 2.75) is 38.3 Å². The minimum absolute atomic E-state index is 0.0332. The molecule has 0 spiro atoms. The van der Waals surface area contributed by atoms with Gasteiger partial charge in [0.05, 0.1) is 6.04 Å². The fraction of sp³-hybridized carbons (Fsp3) is 0.333. The van der Waals surface area contributed by atoms with E-state index in [1.54, 1.807) is 19.1 Å². The van der Waals surface area contributed by atoms with E-state index in [1.165, 1.54) is 5.56 Å². The van der Waals surface area contributed by atoms with Gasteiger partial charge in [0, 0.05) is 0 Å². The van der Waals surface area contributed by atoms with E-state index < -0.39 is 12.1 Å². The molecule has 1 aliphatic rings. The summed E-state index contributed by atoms with van der Waals surface area (Å²) in [5, 5.41) is 3.00. The second-order valence-corrected chi connectivity index (χ2v) is 6.39. The Kier molecular flexibility index (Phi) is 5.89. The first-order chi connectivity index (χ1) is 12.6. The van der Waals surface area contributed by atoms with Gasteiger partial charge in [0.25, 0.3) is 5.91 Å². The maximum absolute atomic E-state index is 12.4. The highest BCUT2D eigenvalue weighted by Gasteiger charge is 2.25. The Morgan fingerprint density at radius 1 is 1.12 bits per heavy atom. The van der Waals surface area contributed by atoms with Crippen LogP contribution in [0.4, 0.5) is 0 Å². The van der Waals surface area contributed by atoms with Crippen LogP contribution in [0.2, 0.25) is 0 Å². The number of amides is 1. The first-order valence-electron chi connectivity index (χ1n) is 8.89. The lowest BCUT2D eigenvalue weighted by Gasteiger charge is -2.27. The fourth-order valence-electron chi connectivity index (χ4n) is 3.14. The second kappa shape index (κ2) is 8.52. The maximum Gasteiger partial charge on any atom is 0.344 e. The van der Waals surface area contributed by atoms with E-state index in [1.807, 2.05) is 36.4 Å². The lowest BCUT2D eigenvalue weighted by atomic mass is 9.87. The molecule has 0 unspecified atom stereocenters. The highest BCUT2D eigenvalue weighted by molar-refractivity contribution is 5.84. The minimum Gasteiger partial charge on any atom is -0.482 e. The number of nitrogens with one attached hydrogen (secondary N) is 1. The van der Waals surface area contributed by atoms with Crippen LogP contribution in [0.15, 0.2) is 54.6 Å². The zero-order valence-electron chi connectivity index (χ0n) is 14.8. The van der Waals surface area contributed by atoms with Gasteiger partial charge in [-0.15, -0.1) is 0 Å². The number of carbonyl (C=O) groups is 2. The number of hydrogen-bond acceptors (Lipinski definition) is 4. The van der Waals surface area contributed by atoms with Crippen LogP contribution in [0, 0.1) is 0 Å². The molecule has 0 aliphatic heterocycles. The van der Waals surface area contributed by atoms with E-state index in [4.69, 9.17) is 9.47 Å². The van der Waals surface area contributed by atoms with Crippen molar-refractivity contribution in [1.82, 2.24) is 5.32 Å². The summed E-state index contributed by atoms with van der Waals surface area (Å²) < 4.78 is 10.5. The Hall–Kier alpha value is -2.82. The zero-order valence-corrected chi connectivity index (χ0v) is 14.8. The van der Waals surface area contributed by atoms with E-state index in [2.05, 4.69) is 11.4 Å². The Labute approximate surface area is 153 Å². The summed E-state index contributed by atoms with van der Waals surface area (Å²) in [6, 6.07) is 17.1. The largest absolute Gasteiger partial charge is 0.482 e. The molecular formula is C21H23NO4. The van der Waals surface area contributed by atoms with Crippen molar-refractivity contribution < 1.29 is 19.1 Å². The molecule has 3 rings (SSSR count). The van der Waals surface area contributed by atoms with Crippen LogP contribution in [0.3, 0.4) is 0 Å². The van der Waals surface area contributed by atoms with Crippen LogP contribution < -0.4 is 10.1 Å². The van der Waals surface area contributed by atoms with Crippen molar-refractivity contribution in [2.75, 3.05) is 6.61 Å². The molecule has 1 aliphatic carbocycles. The number of aryl methyl sites for hydroxylation is 1. The third kappa shape index (κ3) is 4.63. The van der Waals surface area contributed by atoms with Gasteiger partial charge in [-0.25, -0.2) is 4.79 Å². The lowest BCUT2D eigenvalue weighted by Crippen LogP contribution is -2.39. The average molecular weight is 353 g/mol. The van der Waals surface area contributed by atoms with E-state index in [0.717, 1.165) is 24.8 Å². The Bertz CT molecular complexity index is 760. The van der Waals surface area contributed by atoms with Crippen LogP contribution in [-0.2, 0) is 20.7 Å². The predicted octanol–water partition coefficient (Wildman–Crippen LogP) is 3.19. The minimum atomic E-state index is -0.865. The molecule has 1 N–H and O–H groups in total. The molecule has 0 saturated carbocycles. The van der Waals surface area contributed by atoms with Crippen molar-refractivity contribution in [2.24, 2.45) is 0 Å². The van der Waals surface area contributed by atoms with E-state index in [-0.39, 0.29) is 18.6 Å². The van der Waals surface area contributed by atoms with Gasteiger partial charge in [-0.1, -0.05) is 42.5 Å². The zero-order chi connectivity index (χ0) is 18.4. The van der Waals surface area contributed by atoms with Gasteiger partial charge in [-0.2, -0.15) is 0 Å². The third-order valence-corrected chi connectivity index (χ3v) is 4.46. The summed E-state index contributed by atoms with van der Waals surface area (Å²) in [7, 11) is 0. The standard InChI is InChI=1S/C21H23NO4/c1-15(26-20(23)14-25-17-10-3-2-4-11-17)21(24)22-19-13-7-9-16-8-5-6-12-18(16)19/h2-6,8,10-12,15,19H,7,9,13-14H2,1H3,(H,22,24)/t15-,19-/m0/s1. The van der Waals surface area contributed by atoms with Crippen LogP contribution in [0.1, 0.15) is 36.9 Å². The first-order valence-corrected chi connectivity index (χ1v) is 8.89. The number of benzene rings is 2. The molecule has 26 heavy (non-hydrogen) atoms. The van der Waals surface area contributed by atoms with Gasteiger partial charge in [0.15, 0.2) is 12.7 Å². The van der Waals surface area contributed by atoms with Crippen LogP contribution >= 0.6 is 0 Å². The summed E-state index contributed by atoms with van der Waals surface area (Å²) in [5.74, 6) is -0.277. The molecule has 5 nitrogen and oxygen atoms in total. The topological polar surface area (TPSA) is 64.6 Å². The molecule has 5 heteroatoms. The van der Waals surface area contributed by atoms with Crippen molar-refractivity contribution in [3.05, 3.63) is 65.7 Å². The van der Waals surface area contributed by atoms with Crippen LogP contribution in [-0.4, -0.2) is 24.6 Å². The summed E-state index contributed by atoms with van der Waals surface area (Å²) in [6.07, 6.45) is 2.09. The molecule has 0 heterocycles. The molecule has 0 radical (unpaired) electrons. The molecule has 0 bridgehead atoms. The molecular weight excluding hydrogens is 330 g/mol.